The third-order valence-electron chi connectivity index (χ3n) is 3.71. The SMILES string of the molecule is CN=C(NCc1ccc(-n2cncn2)cc1)NCc1ccccc1Cl.I. The Labute approximate surface area is 174 Å². The molecule has 0 bridgehead atoms. The van der Waals surface area contributed by atoms with Crippen molar-refractivity contribution in [3.8, 4) is 5.69 Å². The minimum absolute atomic E-state index is 0. The average Bonchev–Trinajstić information content (AvgIpc) is 3.18. The fraction of sp³-hybridized carbons (Fsp3) is 0.167. The van der Waals surface area contributed by atoms with Crippen molar-refractivity contribution < 1.29 is 0 Å². The van der Waals surface area contributed by atoms with Crippen LogP contribution in [0.3, 0.4) is 0 Å². The number of nitrogens with one attached hydrogen (secondary N) is 2. The van der Waals surface area contributed by atoms with Gasteiger partial charge in [-0.25, -0.2) is 9.67 Å². The molecule has 0 fully saturated rings. The number of halogens is 2. The first-order valence-electron chi connectivity index (χ1n) is 7.88. The zero-order chi connectivity index (χ0) is 17.5. The lowest BCUT2D eigenvalue weighted by Gasteiger charge is -2.13. The molecular weight excluding hydrogens is 463 g/mol. The van der Waals surface area contributed by atoms with E-state index < -0.39 is 0 Å². The highest BCUT2D eigenvalue weighted by atomic mass is 127. The fourth-order valence-electron chi connectivity index (χ4n) is 2.34. The van der Waals surface area contributed by atoms with Crippen molar-refractivity contribution in [3.05, 3.63) is 77.3 Å². The zero-order valence-electron chi connectivity index (χ0n) is 14.3. The number of hydrogen-bond donors (Lipinski definition) is 2. The van der Waals surface area contributed by atoms with Crippen LogP contribution in [-0.4, -0.2) is 27.8 Å². The number of aromatic nitrogens is 3. The molecule has 136 valence electrons. The number of benzene rings is 2. The number of guanidine groups is 1. The van der Waals surface area contributed by atoms with Gasteiger partial charge < -0.3 is 10.6 Å². The number of hydrogen-bond acceptors (Lipinski definition) is 3. The molecule has 0 unspecified atom stereocenters. The van der Waals surface area contributed by atoms with Crippen LogP contribution >= 0.6 is 35.6 Å². The van der Waals surface area contributed by atoms with Gasteiger partial charge in [-0.2, -0.15) is 5.10 Å². The zero-order valence-corrected chi connectivity index (χ0v) is 17.3. The highest BCUT2D eigenvalue weighted by Crippen LogP contribution is 2.14. The number of rotatable bonds is 5. The summed E-state index contributed by atoms with van der Waals surface area (Å²) in [5.41, 5.74) is 3.15. The summed E-state index contributed by atoms with van der Waals surface area (Å²) in [4.78, 5) is 8.18. The van der Waals surface area contributed by atoms with Gasteiger partial charge in [0.2, 0.25) is 0 Å². The molecule has 0 atom stereocenters. The molecule has 26 heavy (non-hydrogen) atoms. The van der Waals surface area contributed by atoms with Crippen molar-refractivity contribution >= 4 is 41.5 Å². The summed E-state index contributed by atoms with van der Waals surface area (Å²) >= 11 is 6.17. The maximum Gasteiger partial charge on any atom is 0.191 e. The van der Waals surface area contributed by atoms with Gasteiger partial charge in [0.05, 0.1) is 5.69 Å². The molecule has 3 rings (SSSR count). The maximum absolute atomic E-state index is 6.17. The van der Waals surface area contributed by atoms with Crippen LogP contribution in [0.15, 0.2) is 66.2 Å². The first kappa shape index (κ1) is 20.2. The minimum atomic E-state index is 0. The molecule has 1 heterocycles. The molecule has 0 aliphatic heterocycles. The van der Waals surface area contributed by atoms with Gasteiger partial charge in [-0.15, -0.1) is 24.0 Å². The average molecular weight is 483 g/mol. The van der Waals surface area contributed by atoms with Crippen LogP contribution in [0, 0.1) is 0 Å². The molecule has 0 radical (unpaired) electrons. The lowest BCUT2D eigenvalue weighted by molar-refractivity contribution is 0.808. The molecule has 2 aromatic carbocycles. The molecule has 8 heteroatoms. The Morgan fingerprint density at radius 1 is 1.08 bits per heavy atom. The molecular formula is C18H20ClIN6. The molecule has 6 nitrogen and oxygen atoms in total. The van der Waals surface area contributed by atoms with E-state index in [1.807, 2.05) is 48.5 Å². The van der Waals surface area contributed by atoms with E-state index in [1.165, 1.54) is 6.33 Å². The van der Waals surface area contributed by atoms with Crippen molar-refractivity contribution in [2.45, 2.75) is 13.1 Å². The van der Waals surface area contributed by atoms with Crippen molar-refractivity contribution in [2.24, 2.45) is 4.99 Å². The Morgan fingerprint density at radius 3 is 2.46 bits per heavy atom. The fourth-order valence-corrected chi connectivity index (χ4v) is 2.54. The van der Waals surface area contributed by atoms with Crippen molar-refractivity contribution in [2.75, 3.05) is 7.05 Å². The van der Waals surface area contributed by atoms with E-state index in [-0.39, 0.29) is 24.0 Å². The summed E-state index contributed by atoms with van der Waals surface area (Å²) in [7, 11) is 1.75. The van der Waals surface area contributed by atoms with Gasteiger partial charge in [0.25, 0.3) is 0 Å². The van der Waals surface area contributed by atoms with Crippen LogP contribution in [0.5, 0.6) is 0 Å². The predicted molar refractivity (Wildman–Crippen MR) is 115 cm³/mol. The van der Waals surface area contributed by atoms with Crippen LogP contribution in [0.25, 0.3) is 5.69 Å². The van der Waals surface area contributed by atoms with Crippen molar-refractivity contribution in [3.63, 3.8) is 0 Å². The molecule has 0 aliphatic carbocycles. The topological polar surface area (TPSA) is 67.1 Å². The summed E-state index contributed by atoms with van der Waals surface area (Å²) in [6.45, 7) is 1.28. The molecule has 0 aliphatic rings. The molecule has 0 saturated carbocycles. The van der Waals surface area contributed by atoms with E-state index >= 15 is 0 Å². The highest BCUT2D eigenvalue weighted by Gasteiger charge is 2.02. The normalized spacial score (nSPS) is 10.9. The Balaban J connectivity index is 0.00000243. The van der Waals surface area contributed by atoms with Gasteiger partial charge in [-0.1, -0.05) is 41.9 Å². The van der Waals surface area contributed by atoms with Crippen molar-refractivity contribution in [1.82, 2.24) is 25.4 Å². The first-order chi connectivity index (χ1) is 12.3. The standard InChI is InChI=1S/C18H19ClN6.HI/c1-20-18(23-11-15-4-2-3-5-17(15)19)22-10-14-6-8-16(9-7-14)25-13-21-12-24-25;/h2-9,12-13H,10-11H2,1H3,(H2,20,22,23);1H. The summed E-state index contributed by atoms with van der Waals surface area (Å²) in [5.74, 6) is 0.722. The van der Waals surface area contributed by atoms with E-state index in [0.29, 0.717) is 13.1 Å². The van der Waals surface area contributed by atoms with Crippen molar-refractivity contribution in [1.29, 1.82) is 0 Å². The van der Waals surface area contributed by atoms with Gasteiger partial charge in [-0.05, 0) is 29.3 Å². The lowest BCUT2D eigenvalue weighted by atomic mass is 10.2. The van der Waals surface area contributed by atoms with E-state index in [0.717, 1.165) is 27.8 Å². The number of nitrogens with zero attached hydrogens (tertiary/aromatic N) is 4. The van der Waals surface area contributed by atoms with Crippen LogP contribution < -0.4 is 10.6 Å². The Bertz CT molecular complexity index is 833. The second-order valence-electron chi connectivity index (χ2n) is 5.38. The maximum atomic E-state index is 6.17. The molecule has 0 spiro atoms. The molecule has 0 amide bonds. The van der Waals surface area contributed by atoms with Gasteiger partial charge >= 0.3 is 0 Å². The molecule has 1 aromatic heterocycles. The van der Waals surface area contributed by atoms with E-state index in [1.54, 1.807) is 18.1 Å². The highest BCUT2D eigenvalue weighted by molar-refractivity contribution is 14.0. The molecule has 2 N–H and O–H groups in total. The summed E-state index contributed by atoms with van der Waals surface area (Å²) in [6.07, 6.45) is 3.19. The Morgan fingerprint density at radius 2 is 1.81 bits per heavy atom. The number of aliphatic imine (C=N–C) groups is 1. The summed E-state index contributed by atoms with van der Waals surface area (Å²) < 4.78 is 1.72. The summed E-state index contributed by atoms with van der Waals surface area (Å²) in [5, 5.41) is 11.4. The van der Waals surface area contributed by atoms with Crippen LogP contribution in [0.2, 0.25) is 5.02 Å². The minimum Gasteiger partial charge on any atom is -0.352 e. The van der Waals surface area contributed by atoms with E-state index in [4.69, 9.17) is 11.6 Å². The van der Waals surface area contributed by atoms with E-state index in [2.05, 4.69) is 25.7 Å². The Hall–Kier alpha value is -2.13. The second-order valence-corrected chi connectivity index (χ2v) is 5.78. The first-order valence-corrected chi connectivity index (χ1v) is 8.26. The smallest absolute Gasteiger partial charge is 0.191 e. The van der Waals surface area contributed by atoms with Crippen LogP contribution in [-0.2, 0) is 13.1 Å². The van der Waals surface area contributed by atoms with Gasteiger partial charge in [0, 0.05) is 25.2 Å². The lowest BCUT2D eigenvalue weighted by Crippen LogP contribution is -2.36. The van der Waals surface area contributed by atoms with Gasteiger partial charge in [-0.3, -0.25) is 4.99 Å². The largest absolute Gasteiger partial charge is 0.352 e. The molecule has 0 saturated heterocycles. The third-order valence-corrected chi connectivity index (χ3v) is 4.08. The van der Waals surface area contributed by atoms with Crippen LogP contribution in [0.4, 0.5) is 0 Å². The monoisotopic (exact) mass is 482 g/mol. The summed E-state index contributed by atoms with van der Waals surface area (Å²) in [6, 6.07) is 15.9. The quantitative estimate of drug-likeness (QED) is 0.332. The molecule has 3 aromatic rings. The van der Waals surface area contributed by atoms with Crippen LogP contribution in [0.1, 0.15) is 11.1 Å². The van der Waals surface area contributed by atoms with E-state index in [9.17, 15) is 0 Å². The van der Waals surface area contributed by atoms with Gasteiger partial charge in [0.15, 0.2) is 5.96 Å². The second kappa shape index (κ2) is 10.1. The Kier molecular flexibility index (Phi) is 7.86. The predicted octanol–water partition coefficient (Wildman–Crippen LogP) is 3.40. The van der Waals surface area contributed by atoms with Gasteiger partial charge in [0.1, 0.15) is 12.7 Å². The third kappa shape index (κ3) is 5.43.